The van der Waals surface area contributed by atoms with Gasteiger partial charge in [0.25, 0.3) is 5.91 Å². The van der Waals surface area contributed by atoms with Gasteiger partial charge in [0.05, 0.1) is 39.1 Å². The van der Waals surface area contributed by atoms with Gasteiger partial charge in [-0.1, -0.05) is 6.07 Å². The summed E-state index contributed by atoms with van der Waals surface area (Å²) in [7, 11) is 1.54. The van der Waals surface area contributed by atoms with Crippen molar-refractivity contribution in [1.29, 1.82) is 10.5 Å². The van der Waals surface area contributed by atoms with E-state index in [0.717, 1.165) is 5.56 Å². The van der Waals surface area contributed by atoms with Crippen LogP contribution in [0.15, 0.2) is 23.2 Å². The minimum atomic E-state index is -1.53. The van der Waals surface area contributed by atoms with E-state index in [4.69, 9.17) is 24.7 Å². The minimum absolute atomic E-state index is 0.0706. The second-order valence-electron chi connectivity index (χ2n) is 6.39. The van der Waals surface area contributed by atoms with Crippen molar-refractivity contribution >= 4 is 5.84 Å². The Labute approximate surface area is 150 Å². The van der Waals surface area contributed by atoms with Crippen LogP contribution in [-0.4, -0.2) is 38.7 Å². The zero-order valence-electron chi connectivity index (χ0n) is 14.5. The average molecular weight is 354 g/mol. The lowest BCUT2D eigenvalue weighted by atomic mass is 9.94. The van der Waals surface area contributed by atoms with Gasteiger partial charge in [-0.25, -0.2) is 4.99 Å². The van der Waals surface area contributed by atoms with Gasteiger partial charge < -0.3 is 24.7 Å². The lowest BCUT2D eigenvalue weighted by Gasteiger charge is -2.25. The topological polar surface area (TPSA) is 123 Å². The van der Waals surface area contributed by atoms with E-state index in [2.05, 4.69) is 17.1 Å². The molecule has 134 valence electrons. The van der Waals surface area contributed by atoms with Crippen LogP contribution >= 0.6 is 0 Å². The summed E-state index contributed by atoms with van der Waals surface area (Å²) in [6, 6.07) is 9.82. The molecule has 1 saturated carbocycles. The van der Waals surface area contributed by atoms with Gasteiger partial charge in [-0.2, -0.15) is 10.5 Å². The lowest BCUT2D eigenvalue weighted by molar-refractivity contribution is -0.184. The first-order valence-electron chi connectivity index (χ1n) is 8.34. The average Bonchev–Trinajstić information content (AvgIpc) is 2.90. The van der Waals surface area contributed by atoms with Crippen molar-refractivity contribution in [3.8, 4) is 23.6 Å². The first kappa shape index (κ1) is 16.6. The standard InChI is InChI=1S/C18H18N4O4/c1-3-24-12-5-4-11(8-13(12)23-2)14-16(9-19)15(21)22-18(17(14,16)10-20)25-6-7-26-18/h4-5,8,14H,3,6-7H2,1-2H3,(H2,21,22)/t14-,16+,17-/m1/s1. The van der Waals surface area contributed by atoms with Crippen LogP contribution in [0.25, 0.3) is 0 Å². The van der Waals surface area contributed by atoms with E-state index in [0.29, 0.717) is 31.3 Å². The summed E-state index contributed by atoms with van der Waals surface area (Å²) in [4.78, 5) is 4.25. The third-order valence-electron chi connectivity index (χ3n) is 5.43. The van der Waals surface area contributed by atoms with Crippen LogP contribution in [0, 0.1) is 33.5 Å². The Morgan fingerprint density at radius 1 is 1.27 bits per heavy atom. The maximum Gasteiger partial charge on any atom is 0.293 e. The Balaban J connectivity index is 1.85. The molecule has 4 rings (SSSR count). The summed E-state index contributed by atoms with van der Waals surface area (Å²) in [6.07, 6.45) is 0. The molecule has 1 aliphatic carbocycles. The van der Waals surface area contributed by atoms with Crippen molar-refractivity contribution in [2.75, 3.05) is 26.9 Å². The van der Waals surface area contributed by atoms with Gasteiger partial charge in [-0.15, -0.1) is 0 Å². The van der Waals surface area contributed by atoms with E-state index in [1.54, 1.807) is 12.1 Å². The number of nitriles is 2. The molecule has 3 atom stereocenters. The number of ether oxygens (including phenoxy) is 4. The van der Waals surface area contributed by atoms with Crippen LogP contribution in [0.3, 0.4) is 0 Å². The van der Waals surface area contributed by atoms with Gasteiger partial charge in [0.1, 0.15) is 11.3 Å². The maximum absolute atomic E-state index is 10.1. The fraction of sp³-hybridized carbons (Fsp3) is 0.500. The number of hydrogen-bond acceptors (Lipinski definition) is 8. The lowest BCUT2D eigenvalue weighted by Crippen LogP contribution is -2.38. The highest BCUT2D eigenvalue weighted by Crippen LogP contribution is 2.82. The molecule has 2 N–H and O–H groups in total. The number of rotatable bonds is 4. The van der Waals surface area contributed by atoms with E-state index in [1.807, 2.05) is 13.0 Å². The summed E-state index contributed by atoms with van der Waals surface area (Å²) >= 11 is 0. The molecule has 0 unspecified atom stereocenters. The van der Waals surface area contributed by atoms with Gasteiger partial charge in [0, 0.05) is 5.92 Å². The highest BCUT2D eigenvalue weighted by molar-refractivity contribution is 6.00. The SMILES string of the molecule is CCOc1ccc([C@H]2[C@@]3(C#N)C4(N=C(N)[C@]23C#N)OCCO4)cc1OC. The van der Waals surface area contributed by atoms with Crippen LogP contribution in [-0.2, 0) is 9.47 Å². The molecule has 2 fully saturated rings. The molecule has 3 aliphatic rings. The summed E-state index contributed by atoms with van der Waals surface area (Å²) in [6.45, 7) is 2.96. The quantitative estimate of drug-likeness (QED) is 0.864. The first-order valence-corrected chi connectivity index (χ1v) is 8.34. The Kier molecular flexibility index (Phi) is 3.42. The van der Waals surface area contributed by atoms with Crippen LogP contribution in [0.1, 0.15) is 18.4 Å². The zero-order chi connectivity index (χ0) is 18.6. The van der Waals surface area contributed by atoms with Crippen molar-refractivity contribution in [1.82, 2.24) is 0 Å². The number of benzene rings is 1. The Bertz CT molecular complexity index is 880. The molecule has 1 saturated heterocycles. The molecule has 8 nitrogen and oxygen atoms in total. The van der Waals surface area contributed by atoms with E-state index < -0.39 is 22.7 Å². The summed E-state index contributed by atoms with van der Waals surface area (Å²) in [5, 5.41) is 20.0. The number of aliphatic imine (C=N–C) groups is 1. The third-order valence-corrected chi connectivity index (χ3v) is 5.43. The predicted molar refractivity (Wildman–Crippen MR) is 89.3 cm³/mol. The number of hydrogen-bond donors (Lipinski definition) is 1. The number of amidine groups is 1. The van der Waals surface area contributed by atoms with E-state index >= 15 is 0 Å². The van der Waals surface area contributed by atoms with Gasteiger partial charge >= 0.3 is 0 Å². The van der Waals surface area contributed by atoms with Crippen molar-refractivity contribution < 1.29 is 18.9 Å². The van der Waals surface area contributed by atoms with Crippen LogP contribution in [0.4, 0.5) is 0 Å². The molecule has 1 aromatic carbocycles. The fourth-order valence-electron chi connectivity index (χ4n) is 4.36. The van der Waals surface area contributed by atoms with Crippen molar-refractivity contribution in [2.45, 2.75) is 18.8 Å². The van der Waals surface area contributed by atoms with Crippen molar-refractivity contribution in [2.24, 2.45) is 21.6 Å². The van der Waals surface area contributed by atoms with Crippen molar-refractivity contribution in [3.63, 3.8) is 0 Å². The number of fused-ring (bicyclic) bond motifs is 2. The van der Waals surface area contributed by atoms with Gasteiger partial charge in [0.2, 0.25) is 0 Å². The van der Waals surface area contributed by atoms with E-state index in [1.165, 1.54) is 7.11 Å². The molecule has 2 heterocycles. The normalized spacial score (nSPS) is 33.1. The fourth-order valence-corrected chi connectivity index (χ4v) is 4.36. The van der Waals surface area contributed by atoms with E-state index in [-0.39, 0.29) is 5.84 Å². The monoisotopic (exact) mass is 354 g/mol. The van der Waals surface area contributed by atoms with Crippen LogP contribution in [0.5, 0.6) is 11.5 Å². The Morgan fingerprint density at radius 2 is 2.00 bits per heavy atom. The number of methoxy groups -OCH3 is 1. The molecule has 0 aromatic heterocycles. The second kappa shape index (κ2) is 5.34. The van der Waals surface area contributed by atoms with Gasteiger partial charge in [-0.05, 0) is 24.6 Å². The molecule has 0 radical (unpaired) electrons. The summed E-state index contributed by atoms with van der Waals surface area (Å²) < 4.78 is 22.3. The molecule has 26 heavy (non-hydrogen) atoms. The van der Waals surface area contributed by atoms with Crippen molar-refractivity contribution in [3.05, 3.63) is 23.8 Å². The zero-order valence-corrected chi connectivity index (χ0v) is 14.5. The molecule has 0 amide bonds. The molecule has 2 aliphatic heterocycles. The second-order valence-corrected chi connectivity index (χ2v) is 6.39. The molecule has 1 spiro atoms. The molecule has 8 heteroatoms. The molecule has 0 bridgehead atoms. The Hall–Kier alpha value is -2.81. The Morgan fingerprint density at radius 3 is 2.58 bits per heavy atom. The molecule has 1 aromatic rings. The highest BCUT2D eigenvalue weighted by atomic mass is 16.8. The summed E-state index contributed by atoms with van der Waals surface area (Å²) in [5.74, 6) is -0.885. The minimum Gasteiger partial charge on any atom is -0.493 e. The van der Waals surface area contributed by atoms with Crippen LogP contribution in [0.2, 0.25) is 0 Å². The number of nitrogens with zero attached hydrogens (tertiary/aromatic N) is 3. The largest absolute Gasteiger partial charge is 0.493 e. The highest BCUT2D eigenvalue weighted by Gasteiger charge is 2.94. The van der Waals surface area contributed by atoms with E-state index in [9.17, 15) is 10.5 Å². The smallest absolute Gasteiger partial charge is 0.293 e. The molecular weight excluding hydrogens is 336 g/mol. The molecular formula is C18H18N4O4. The summed E-state index contributed by atoms with van der Waals surface area (Å²) in [5.41, 5.74) is 4.23. The van der Waals surface area contributed by atoms with Crippen LogP contribution < -0.4 is 15.2 Å². The number of nitrogens with two attached hydrogens (primary N) is 1. The predicted octanol–water partition coefficient (Wildman–Crippen LogP) is 1.28. The van der Waals surface area contributed by atoms with Gasteiger partial charge in [0.15, 0.2) is 16.9 Å². The first-order chi connectivity index (χ1) is 12.6. The maximum atomic E-state index is 10.1. The van der Waals surface area contributed by atoms with Gasteiger partial charge in [-0.3, -0.25) is 0 Å². The third kappa shape index (κ3) is 1.61.